The number of benzene rings is 3. The van der Waals surface area contributed by atoms with Crippen LogP contribution >= 0.6 is 0 Å². The van der Waals surface area contributed by atoms with E-state index in [0.29, 0.717) is 6.42 Å². The summed E-state index contributed by atoms with van der Waals surface area (Å²) >= 11 is 0. The Morgan fingerprint density at radius 1 is 0.929 bits per heavy atom. The molecular formula is C45H53NO8S2. The van der Waals surface area contributed by atoms with E-state index in [-0.39, 0.29) is 16.2 Å². The lowest BCUT2D eigenvalue weighted by atomic mass is 9.75. The molecule has 0 saturated carbocycles. The highest BCUT2D eigenvalue weighted by atomic mass is 32.2. The molecule has 0 unspecified atom stereocenters. The van der Waals surface area contributed by atoms with Gasteiger partial charge in [-0.05, 0) is 126 Å². The molecule has 3 aromatic carbocycles. The summed E-state index contributed by atoms with van der Waals surface area (Å²) in [4.78, 5) is 13.2. The van der Waals surface area contributed by atoms with Crippen LogP contribution in [0.5, 0.6) is 0 Å². The zero-order chi connectivity index (χ0) is 41.2. The highest BCUT2D eigenvalue weighted by Crippen LogP contribution is 2.49. The molecule has 0 spiro atoms. The van der Waals surface area contributed by atoms with Crippen molar-refractivity contribution in [3.63, 3.8) is 0 Å². The lowest BCUT2D eigenvalue weighted by Gasteiger charge is -2.29. The summed E-state index contributed by atoms with van der Waals surface area (Å²) < 4.78 is 67.9. The highest BCUT2D eigenvalue weighted by molar-refractivity contribution is 7.86. The van der Waals surface area contributed by atoms with Crippen molar-refractivity contribution in [3.05, 3.63) is 142 Å². The zero-order valence-corrected chi connectivity index (χ0v) is 34.7. The molecule has 3 aromatic rings. The number of fused-ring (bicyclic) bond motifs is 1. The molecule has 9 nitrogen and oxygen atoms in total. The average Bonchev–Trinajstić information content (AvgIpc) is 3.34. The van der Waals surface area contributed by atoms with Crippen molar-refractivity contribution >= 4 is 37.5 Å². The van der Waals surface area contributed by atoms with Crippen LogP contribution in [0.25, 0.3) is 5.57 Å². The van der Waals surface area contributed by atoms with Crippen molar-refractivity contribution in [3.8, 4) is 0 Å². The number of hydrogen-bond donors (Lipinski definition) is 3. The van der Waals surface area contributed by atoms with Crippen LogP contribution in [0.4, 0.5) is 5.69 Å². The Kier molecular flexibility index (Phi) is 12.6. The number of nitrogens with zero attached hydrogens (tertiary/aromatic N) is 1. The van der Waals surface area contributed by atoms with Crippen molar-refractivity contribution in [2.24, 2.45) is 0 Å². The van der Waals surface area contributed by atoms with Gasteiger partial charge in [-0.3, -0.25) is 13.9 Å². The third-order valence-corrected chi connectivity index (χ3v) is 12.9. The van der Waals surface area contributed by atoms with Crippen molar-refractivity contribution in [1.82, 2.24) is 0 Å². The minimum atomic E-state index is -4.40. The van der Waals surface area contributed by atoms with E-state index < -0.39 is 37.0 Å². The SMILES string of the molecule is C=C(/C=C/C1=C(c2ccc(CCC(=O)O)cc2)C(=C/C=C2/N(CCCC)c3ccc(S(=O)(=O)O)cc3C2(C)C)/CCC1)C(C)(C)c1cc(S(=O)(=O)O)ccc1C. The Labute approximate surface area is 332 Å². The fraction of sp³-hybridized carbons (Fsp3) is 0.356. The van der Waals surface area contributed by atoms with E-state index in [1.54, 1.807) is 18.2 Å². The molecule has 0 atom stereocenters. The molecule has 56 heavy (non-hydrogen) atoms. The normalized spacial score (nSPS) is 17.6. The Balaban J connectivity index is 1.62. The van der Waals surface area contributed by atoms with Gasteiger partial charge in [-0.25, -0.2) is 0 Å². The summed E-state index contributed by atoms with van der Waals surface area (Å²) in [5.41, 5.74) is 9.06. The van der Waals surface area contributed by atoms with Crippen LogP contribution in [-0.4, -0.2) is 43.6 Å². The van der Waals surface area contributed by atoms with Gasteiger partial charge < -0.3 is 10.0 Å². The minimum absolute atomic E-state index is 0.0394. The standard InChI is InChI=1S/C45H53NO8S2/c1-8-9-27-46-40-24-23-37(56(52,53)54)29-39(40)45(6,7)41(46)25-21-34-12-10-11-33(43(34)35-19-15-32(16-20-35)17-26-42(47)48)18-14-31(3)44(4,5)38-28-36(55(49,50)51)22-13-30(38)2/h13-16,18-25,28-29H,3,8-12,17,26-27H2,1-2,4-7H3,(H,47,48)(H,49,50,51)(H,52,53,54)/b18-14+,34-21+,41-25+. The first-order valence-corrected chi connectivity index (χ1v) is 21.9. The molecule has 3 N–H and O–H groups in total. The van der Waals surface area contributed by atoms with Crippen LogP contribution in [0.1, 0.15) is 101 Å². The number of carboxylic acids is 1. The predicted octanol–water partition coefficient (Wildman–Crippen LogP) is 9.94. The molecule has 298 valence electrons. The van der Waals surface area contributed by atoms with Crippen molar-refractivity contribution < 1.29 is 35.8 Å². The number of aliphatic carboxylic acids is 1. The van der Waals surface area contributed by atoms with Gasteiger partial charge in [0.05, 0.1) is 9.79 Å². The minimum Gasteiger partial charge on any atom is -0.481 e. The fourth-order valence-corrected chi connectivity index (χ4v) is 8.80. The molecule has 1 heterocycles. The van der Waals surface area contributed by atoms with Crippen LogP contribution in [0.2, 0.25) is 0 Å². The summed E-state index contributed by atoms with van der Waals surface area (Å²) in [6, 6.07) is 17.4. The van der Waals surface area contributed by atoms with E-state index in [0.717, 1.165) is 100 Å². The molecule has 0 amide bonds. The van der Waals surface area contributed by atoms with E-state index in [1.165, 1.54) is 18.2 Å². The summed E-state index contributed by atoms with van der Waals surface area (Å²) in [7, 11) is -8.79. The predicted molar refractivity (Wildman–Crippen MR) is 223 cm³/mol. The molecule has 1 aliphatic heterocycles. The van der Waals surface area contributed by atoms with Crippen molar-refractivity contribution in [2.75, 3.05) is 11.4 Å². The van der Waals surface area contributed by atoms with Crippen LogP contribution in [0.15, 0.2) is 124 Å². The van der Waals surface area contributed by atoms with Gasteiger partial charge in [0.2, 0.25) is 0 Å². The molecule has 2 aliphatic rings. The third-order valence-electron chi connectivity index (χ3n) is 11.2. The maximum Gasteiger partial charge on any atom is 0.303 e. The van der Waals surface area contributed by atoms with E-state index >= 15 is 0 Å². The van der Waals surface area contributed by atoms with Crippen molar-refractivity contribution in [1.29, 1.82) is 0 Å². The van der Waals surface area contributed by atoms with Gasteiger partial charge in [-0.2, -0.15) is 16.8 Å². The van der Waals surface area contributed by atoms with E-state index in [4.69, 9.17) is 0 Å². The number of carbonyl (C=O) groups is 1. The first-order valence-electron chi connectivity index (χ1n) is 19.0. The molecule has 0 aromatic heterocycles. The molecule has 0 fully saturated rings. The zero-order valence-electron chi connectivity index (χ0n) is 33.1. The monoisotopic (exact) mass is 799 g/mol. The second kappa shape index (κ2) is 16.5. The first kappa shape index (κ1) is 42.6. The summed E-state index contributed by atoms with van der Waals surface area (Å²) in [5, 5.41) is 9.25. The van der Waals surface area contributed by atoms with Gasteiger partial charge in [0.25, 0.3) is 20.2 Å². The summed E-state index contributed by atoms with van der Waals surface area (Å²) in [5.74, 6) is -0.850. The Morgan fingerprint density at radius 2 is 1.57 bits per heavy atom. The lowest BCUT2D eigenvalue weighted by molar-refractivity contribution is -0.136. The summed E-state index contributed by atoms with van der Waals surface area (Å²) in [6.45, 7) is 17.3. The smallest absolute Gasteiger partial charge is 0.303 e. The number of carboxylic acid groups (broad SMARTS) is 1. The number of rotatable bonds is 14. The molecular weight excluding hydrogens is 747 g/mol. The van der Waals surface area contributed by atoms with Gasteiger partial charge >= 0.3 is 5.97 Å². The lowest BCUT2D eigenvalue weighted by Crippen LogP contribution is -2.27. The number of hydrogen-bond acceptors (Lipinski definition) is 6. The Bertz CT molecular complexity index is 2380. The Hall–Kier alpha value is -4.55. The van der Waals surface area contributed by atoms with E-state index in [2.05, 4.69) is 50.5 Å². The van der Waals surface area contributed by atoms with Crippen molar-refractivity contribution in [2.45, 2.75) is 107 Å². The second-order valence-electron chi connectivity index (χ2n) is 15.8. The van der Waals surface area contributed by atoms with Gasteiger partial charge in [0, 0.05) is 35.2 Å². The molecule has 1 aliphatic carbocycles. The van der Waals surface area contributed by atoms with Gasteiger partial charge in [0.1, 0.15) is 0 Å². The number of anilines is 1. The first-order chi connectivity index (χ1) is 26.2. The molecule has 0 bridgehead atoms. The van der Waals surface area contributed by atoms with Crippen LogP contribution < -0.4 is 4.90 Å². The maximum absolute atomic E-state index is 12.1. The van der Waals surface area contributed by atoms with E-state index in [9.17, 15) is 35.8 Å². The quantitative estimate of drug-likeness (QED) is 0.107. The molecule has 11 heteroatoms. The van der Waals surface area contributed by atoms with Crippen LogP contribution in [0, 0.1) is 6.92 Å². The Morgan fingerprint density at radius 3 is 2.20 bits per heavy atom. The maximum atomic E-state index is 12.1. The van der Waals surface area contributed by atoms with E-state index in [1.807, 2.05) is 51.1 Å². The fourth-order valence-electron chi connectivity index (χ4n) is 7.79. The average molecular weight is 800 g/mol. The third kappa shape index (κ3) is 9.18. The van der Waals surface area contributed by atoms with Crippen LogP contribution in [-0.2, 0) is 42.3 Å². The molecule has 0 radical (unpaired) electrons. The van der Waals surface area contributed by atoms with Gasteiger partial charge in [-0.15, -0.1) is 0 Å². The summed E-state index contributed by atoms with van der Waals surface area (Å²) in [6.07, 6.45) is 13.2. The van der Waals surface area contributed by atoms with Gasteiger partial charge in [0.15, 0.2) is 0 Å². The largest absolute Gasteiger partial charge is 0.481 e. The number of unbranched alkanes of at least 4 members (excludes halogenated alkanes) is 1. The second-order valence-corrected chi connectivity index (χ2v) is 18.7. The number of aryl methyl sites for hydroxylation is 2. The topological polar surface area (TPSA) is 149 Å². The molecule has 5 rings (SSSR count). The van der Waals surface area contributed by atoms with Crippen LogP contribution in [0.3, 0.4) is 0 Å². The molecule has 0 saturated heterocycles. The van der Waals surface area contributed by atoms with Gasteiger partial charge in [-0.1, -0.05) is 96.2 Å². The number of allylic oxidation sites excluding steroid dienone is 9. The highest BCUT2D eigenvalue weighted by Gasteiger charge is 2.40.